The SMILES string of the molecule is COc1cccc(F)c1C(C)NC(=O)CNC(=O)[C@@H](N)C(C)C. The number of carbonyl (C=O) groups is 2. The molecule has 0 heterocycles. The average Bonchev–Trinajstić information content (AvgIpc) is 2.50. The number of hydrogen-bond acceptors (Lipinski definition) is 4. The van der Waals surface area contributed by atoms with E-state index in [1.807, 2.05) is 13.8 Å². The van der Waals surface area contributed by atoms with Gasteiger partial charge in [-0.3, -0.25) is 9.59 Å². The summed E-state index contributed by atoms with van der Waals surface area (Å²) in [5.41, 5.74) is 5.94. The number of nitrogens with two attached hydrogens (primary N) is 1. The lowest BCUT2D eigenvalue weighted by Gasteiger charge is -2.19. The lowest BCUT2D eigenvalue weighted by Crippen LogP contribution is -2.47. The van der Waals surface area contributed by atoms with Crippen molar-refractivity contribution in [1.29, 1.82) is 0 Å². The molecule has 1 rings (SSSR count). The second-order valence-corrected chi connectivity index (χ2v) is 5.63. The fourth-order valence-electron chi connectivity index (χ4n) is 2.07. The number of carbonyl (C=O) groups excluding carboxylic acids is 2. The first kappa shape index (κ1) is 18.9. The molecule has 0 fully saturated rings. The normalized spacial score (nSPS) is 13.3. The van der Waals surface area contributed by atoms with Crippen LogP contribution in [0.15, 0.2) is 18.2 Å². The Labute approximate surface area is 135 Å². The summed E-state index contributed by atoms with van der Waals surface area (Å²) in [7, 11) is 1.43. The molecule has 1 unspecified atom stereocenters. The fourth-order valence-corrected chi connectivity index (χ4v) is 2.07. The van der Waals surface area contributed by atoms with Gasteiger partial charge in [-0.2, -0.15) is 0 Å². The van der Waals surface area contributed by atoms with Gasteiger partial charge in [-0.25, -0.2) is 4.39 Å². The highest BCUT2D eigenvalue weighted by molar-refractivity contribution is 5.87. The van der Waals surface area contributed by atoms with Gasteiger partial charge in [-0.15, -0.1) is 0 Å². The van der Waals surface area contributed by atoms with E-state index >= 15 is 0 Å². The maximum absolute atomic E-state index is 13.9. The highest BCUT2D eigenvalue weighted by Crippen LogP contribution is 2.27. The molecule has 0 saturated heterocycles. The third-order valence-electron chi connectivity index (χ3n) is 3.49. The minimum Gasteiger partial charge on any atom is -0.496 e. The average molecular weight is 325 g/mol. The van der Waals surface area contributed by atoms with E-state index in [2.05, 4.69) is 10.6 Å². The van der Waals surface area contributed by atoms with Crippen LogP contribution in [0.2, 0.25) is 0 Å². The molecule has 0 saturated carbocycles. The van der Waals surface area contributed by atoms with Crippen LogP contribution in [0, 0.1) is 11.7 Å². The molecule has 23 heavy (non-hydrogen) atoms. The molecular formula is C16H24FN3O3. The van der Waals surface area contributed by atoms with Crippen LogP contribution in [0.4, 0.5) is 4.39 Å². The van der Waals surface area contributed by atoms with Gasteiger partial charge in [0.25, 0.3) is 0 Å². The number of rotatable bonds is 7. The third kappa shape index (κ3) is 5.21. The first-order valence-corrected chi connectivity index (χ1v) is 7.43. The molecule has 1 aromatic carbocycles. The molecule has 0 aromatic heterocycles. The van der Waals surface area contributed by atoms with Gasteiger partial charge in [-0.1, -0.05) is 19.9 Å². The Kier molecular flexibility index (Phi) is 6.96. The predicted octanol–water partition coefficient (Wildman–Crippen LogP) is 1.11. The van der Waals surface area contributed by atoms with Gasteiger partial charge in [0.15, 0.2) is 0 Å². The number of benzene rings is 1. The fraction of sp³-hybridized carbons (Fsp3) is 0.500. The van der Waals surface area contributed by atoms with Crippen LogP contribution in [0.25, 0.3) is 0 Å². The summed E-state index contributed by atoms with van der Waals surface area (Å²) >= 11 is 0. The largest absolute Gasteiger partial charge is 0.496 e. The molecule has 0 aliphatic rings. The van der Waals surface area contributed by atoms with Crippen molar-refractivity contribution >= 4 is 11.8 Å². The number of nitrogens with one attached hydrogen (secondary N) is 2. The zero-order chi connectivity index (χ0) is 17.6. The molecule has 0 aliphatic carbocycles. The van der Waals surface area contributed by atoms with Crippen LogP contribution in [0.3, 0.4) is 0 Å². The molecule has 6 nitrogen and oxygen atoms in total. The molecule has 0 aliphatic heterocycles. The molecule has 0 spiro atoms. The van der Waals surface area contributed by atoms with Crippen molar-refractivity contribution in [1.82, 2.24) is 10.6 Å². The van der Waals surface area contributed by atoms with Gasteiger partial charge >= 0.3 is 0 Å². The van der Waals surface area contributed by atoms with Crippen LogP contribution in [0.5, 0.6) is 5.75 Å². The lowest BCUT2D eigenvalue weighted by atomic mass is 10.1. The molecule has 2 atom stereocenters. The molecule has 4 N–H and O–H groups in total. The van der Waals surface area contributed by atoms with Crippen LogP contribution >= 0.6 is 0 Å². The van der Waals surface area contributed by atoms with Gasteiger partial charge < -0.3 is 21.1 Å². The van der Waals surface area contributed by atoms with E-state index in [1.165, 1.54) is 19.2 Å². The summed E-state index contributed by atoms with van der Waals surface area (Å²) in [4.78, 5) is 23.6. The molecule has 7 heteroatoms. The summed E-state index contributed by atoms with van der Waals surface area (Å²) in [5, 5.41) is 5.08. The van der Waals surface area contributed by atoms with Crippen molar-refractivity contribution in [2.75, 3.05) is 13.7 Å². The number of halogens is 1. The molecule has 128 valence electrons. The third-order valence-corrected chi connectivity index (χ3v) is 3.49. The van der Waals surface area contributed by atoms with Crippen LogP contribution in [0.1, 0.15) is 32.4 Å². The summed E-state index contributed by atoms with van der Waals surface area (Å²) in [6, 6.07) is 3.16. The number of hydrogen-bond donors (Lipinski definition) is 3. The minimum atomic E-state index is -0.674. The molecular weight excluding hydrogens is 301 g/mol. The Morgan fingerprint density at radius 1 is 1.30 bits per heavy atom. The van der Waals surface area contributed by atoms with Crippen molar-refractivity contribution in [3.05, 3.63) is 29.6 Å². The van der Waals surface area contributed by atoms with Crippen molar-refractivity contribution < 1.29 is 18.7 Å². The Hall–Kier alpha value is -2.15. The second-order valence-electron chi connectivity index (χ2n) is 5.63. The highest BCUT2D eigenvalue weighted by Gasteiger charge is 2.20. The van der Waals surface area contributed by atoms with Gasteiger partial charge in [0.05, 0.1) is 31.3 Å². The van der Waals surface area contributed by atoms with Gasteiger partial charge in [0.2, 0.25) is 11.8 Å². The Morgan fingerprint density at radius 3 is 2.52 bits per heavy atom. The maximum Gasteiger partial charge on any atom is 0.239 e. The number of ether oxygens (including phenoxy) is 1. The van der Waals surface area contributed by atoms with Crippen LogP contribution in [-0.4, -0.2) is 31.5 Å². The molecule has 0 radical (unpaired) electrons. The number of methoxy groups -OCH3 is 1. The molecule has 2 amide bonds. The zero-order valence-corrected chi connectivity index (χ0v) is 13.9. The summed E-state index contributed by atoms with van der Waals surface area (Å²) in [6.45, 7) is 5.05. The van der Waals surface area contributed by atoms with E-state index in [1.54, 1.807) is 13.0 Å². The Bertz CT molecular complexity index is 564. The van der Waals surface area contributed by atoms with Crippen molar-refractivity contribution in [3.63, 3.8) is 0 Å². The first-order valence-electron chi connectivity index (χ1n) is 7.43. The van der Waals surface area contributed by atoms with Crippen molar-refractivity contribution in [2.24, 2.45) is 11.7 Å². The predicted molar refractivity (Wildman–Crippen MR) is 85.3 cm³/mol. The van der Waals surface area contributed by atoms with E-state index in [0.717, 1.165) is 0 Å². The quantitative estimate of drug-likeness (QED) is 0.700. The maximum atomic E-state index is 13.9. The van der Waals surface area contributed by atoms with E-state index in [-0.39, 0.29) is 18.0 Å². The van der Waals surface area contributed by atoms with Gasteiger partial charge in [-0.05, 0) is 25.0 Å². The van der Waals surface area contributed by atoms with Gasteiger partial charge in [0.1, 0.15) is 11.6 Å². The highest BCUT2D eigenvalue weighted by atomic mass is 19.1. The Morgan fingerprint density at radius 2 is 1.96 bits per heavy atom. The first-order chi connectivity index (χ1) is 10.8. The molecule has 1 aromatic rings. The summed E-state index contributed by atoms with van der Waals surface area (Å²) in [5.74, 6) is -0.982. The second kappa shape index (κ2) is 8.47. The van der Waals surface area contributed by atoms with Gasteiger partial charge in [0, 0.05) is 0 Å². The summed E-state index contributed by atoms with van der Waals surface area (Å²) < 4.78 is 19.0. The van der Waals surface area contributed by atoms with E-state index in [9.17, 15) is 14.0 Å². The lowest BCUT2D eigenvalue weighted by molar-refractivity contribution is -0.127. The minimum absolute atomic E-state index is 0.0281. The van der Waals surface area contributed by atoms with E-state index in [0.29, 0.717) is 5.75 Å². The number of amides is 2. The monoisotopic (exact) mass is 325 g/mol. The van der Waals surface area contributed by atoms with Crippen molar-refractivity contribution in [3.8, 4) is 5.75 Å². The summed E-state index contributed by atoms with van der Waals surface area (Å²) in [6.07, 6.45) is 0. The smallest absolute Gasteiger partial charge is 0.239 e. The molecule has 0 bridgehead atoms. The topological polar surface area (TPSA) is 93.5 Å². The Balaban J connectivity index is 2.63. The van der Waals surface area contributed by atoms with Crippen LogP contribution < -0.4 is 21.1 Å². The van der Waals surface area contributed by atoms with E-state index in [4.69, 9.17) is 10.5 Å². The standard InChI is InChI=1S/C16H24FN3O3/c1-9(2)15(18)16(22)19-8-13(21)20-10(3)14-11(17)6-5-7-12(14)23-4/h5-7,9-10,15H,8,18H2,1-4H3,(H,19,22)(H,20,21)/t10?,15-/m0/s1. The van der Waals surface area contributed by atoms with Crippen molar-refractivity contribution in [2.45, 2.75) is 32.9 Å². The zero-order valence-electron chi connectivity index (χ0n) is 13.9. The van der Waals surface area contributed by atoms with Crippen LogP contribution in [-0.2, 0) is 9.59 Å². The van der Waals surface area contributed by atoms with E-state index < -0.39 is 29.7 Å².